The van der Waals surface area contributed by atoms with Crippen LogP contribution in [0.1, 0.15) is 49.1 Å². The van der Waals surface area contributed by atoms with Crippen LogP contribution in [0.2, 0.25) is 0 Å². The van der Waals surface area contributed by atoms with Gasteiger partial charge in [-0.25, -0.2) is 9.82 Å². The number of carbonyl (C=O) groups is 2. The molecule has 0 radical (unpaired) electrons. The van der Waals surface area contributed by atoms with Crippen molar-refractivity contribution in [1.29, 1.82) is 0 Å². The molecule has 6 nitrogen and oxygen atoms in total. The van der Waals surface area contributed by atoms with Crippen molar-refractivity contribution in [3.63, 3.8) is 0 Å². The molecule has 1 saturated carbocycles. The lowest BCUT2D eigenvalue weighted by Crippen LogP contribution is -2.44. The van der Waals surface area contributed by atoms with E-state index in [1.165, 1.54) is 24.8 Å². The monoisotopic (exact) mass is 384 g/mol. The fourth-order valence-corrected chi connectivity index (χ4v) is 3.61. The van der Waals surface area contributed by atoms with Crippen LogP contribution in [0, 0.1) is 19.7 Å². The second kappa shape index (κ2) is 8.82. The van der Waals surface area contributed by atoms with Gasteiger partial charge >= 0.3 is 11.8 Å². The summed E-state index contributed by atoms with van der Waals surface area (Å²) < 4.78 is 15.1. The molecule has 1 aromatic heterocycles. The van der Waals surface area contributed by atoms with Crippen LogP contribution < -0.4 is 10.7 Å². The summed E-state index contributed by atoms with van der Waals surface area (Å²) in [5, 5.41) is 6.68. The zero-order valence-corrected chi connectivity index (χ0v) is 16.2. The average Bonchev–Trinajstić information content (AvgIpc) is 2.97. The van der Waals surface area contributed by atoms with Crippen molar-refractivity contribution in [2.45, 2.75) is 52.0 Å². The summed E-state index contributed by atoms with van der Waals surface area (Å²) >= 11 is 0. The van der Waals surface area contributed by atoms with Crippen LogP contribution in [0.5, 0.6) is 0 Å². The van der Waals surface area contributed by atoms with E-state index in [2.05, 4.69) is 15.8 Å². The van der Waals surface area contributed by atoms with Crippen molar-refractivity contribution in [2.24, 2.45) is 5.10 Å². The number of aryl methyl sites for hydroxylation is 1. The standard InChI is InChI=1S/C21H25FN4O2/c1-14-12-16(15(2)26(14)19-10-8-17(22)9-11-19)13-23-25-21(28)20(27)24-18-6-4-3-5-7-18/h8-13,18H,3-7H2,1-2H3,(H,24,27)(H,25,28)/b23-13-. The van der Waals surface area contributed by atoms with Gasteiger partial charge in [-0.15, -0.1) is 0 Å². The molecule has 1 heterocycles. The number of nitrogens with one attached hydrogen (secondary N) is 2. The SMILES string of the molecule is Cc1cc(/C=N\NC(=O)C(=O)NC2CCCCC2)c(C)n1-c1ccc(F)cc1. The van der Waals surface area contributed by atoms with Crippen LogP contribution in [0.15, 0.2) is 35.4 Å². The maximum atomic E-state index is 13.2. The van der Waals surface area contributed by atoms with E-state index in [1.54, 1.807) is 12.1 Å². The molecule has 3 rings (SSSR count). The Balaban J connectivity index is 1.62. The van der Waals surface area contributed by atoms with Crippen molar-refractivity contribution < 1.29 is 14.0 Å². The molecule has 2 amide bonds. The zero-order valence-electron chi connectivity index (χ0n) is 16.2. The Bertz CT molecular complexity index is 881. The summed E-state index contributed by atoms with van der Waals surface area (Å²) in [4.78, 5) is 23.9. The highest BCUT2D eigenvalue weighted by Crippen LogP contribution is 2.20. The molecule has 2 N–H and O–H groups in total. The molecule has 28 heavy (non-hydrogen) atoms. The summed E-state index contributed by atoms with van der Waals surface area (Å²) in [5.74, 6) is -1.71. The highest BCUT2D eigenvalue weighted by atomic mass is 19.1. The topological polar surface area (TPSA) is 75.5 Å². The number of rotatable bonds is 4. The maximum absolute atomic E-state index is 13.2. The van der Waals surface area contributed by atoms with Crippen LogP contribution in [-0.2, 0) is 9.59 Å². The number of hydrogen-bond acceptors (Lipinski definition) is 3. The van der Waals surface area contributed by atoms with Gasteiger partial charge in [-0.2, -0.15) is 5.10 Å². The fourth-order valence-electron chi connectivity index (χ4n) is 3.61. The Labute approximate surface area is 163 Å². The number of aromatic nitrogens is 1. The first-order valence-corrected chi connectivity index (χ1v) is 9.54. The van der Waals surface area contributed by atoms with Crippen LogP contribution >= 0.6 is 0 Å². The van der Waals surface area contributed by atoms with Gasteiger partial charge in [0.1, 0.15) is 5.82 Å². The van der Waals surface area contributed by atoms with Crippen molar-refractivity contribution in [1.82, 2.24) is 15.3 Å². The summed E-state index contributed by atoms with van der Waals surface area (Å²) in [6, 6.07) is 8.21. The lowest BCUT2D eigenvalue weighted by molar-refractivity contribution is -0.139. The van der Waals surface area contributed by atoms with E-state index >= 15 is 0 Å². The third-order valence-electron chi connectivity index (χ3n) is 5.07. The van der Waals surface area contributed by atoms with Gasteiger partial charge in [-0.05, 0) is 57.0 Å². The van der Waals surface area contributed by atoms with E-state index in [9.17, 15) is 14.0 Å². The molecule has 0 atom stereocenters. The first-order chi connectivity index (χ1) is 13.5. The molecule has 0 aliphatic heterocycles. The number of hydrazone groups is 1. The van der Waals surface area contributed by atoms with Gasteiger partial charge in [0.2, 0.25) is 0 Å². The second-order valence-electron chi connectivity index (χ2n) is 7.15. The minimum Gasteiger partial charge on any atom is -0.345 e. The molecule has 148 valence electrons. The normalized spacial score (nSPS) is 15.0. The predicted octanol–water partition coefficient (Wildman–Crippen LogP) is 3.13. The van der Waals surface area contributed by atoms with E-state index in [0.717, 1.165) is 48.3 Å². The summed E-state index contributed by atoms with van der Waals surface area (Å²) in [5.41, 5.74) is 5.77. The van der Waals surface area contributed by atoms with Gasteiger partial charge in [0.15, 0.2) is 0 Å². The van der Waals surface area contributed by atoms with E-state index in [0.29, 0.717) is 0 Å². The summed E-state index contributed by atoms with van der Waals surface area (Å²) in [6.07, 6.45) is 6.67. The summed E-state index contributed by atoms with van der Waals surface area (Å²) in [6.45, 7) is 3.85. The third-order valence-corrected chi connectivity index (χ3v) is 5.07. The van der Waals surface area contributed by atoms with Gasteiger partial charge in [-0.1, -0.05) is 19.3 Å². The second-order valence-corrected chi connectivity index (χ2v) is 7.15. The van der Waals surface area contributed by atoms with Gasteiger partial charge in [0.25, 0.3) is 0 Å². The molecule has 2 aromatic rings. The smallest absolute Gasteiger partial charge is 0.329 e. The molecule has 1 aliphatic rings. The predicted molar refractivity (Wildman–Crippen MR) is 106 cm³/mol. The minimum absolute atomic E-state index is 0.0746. The Morgan fingerprint density at radius 2 is 1.79 bits per heavy atom. The van der Waals surface area contributed by atoms with E-state index in [1.807, 2.05) is 24.5 Å². The maximum Gasteiger partial charge on any atom is 0.329 e. The van der Waals surface area contributed by atoms with Crippen LogP contribution in [-0.4, -0.2) is 28.6 Å². The Kier molecular flexibility index (Phi) is 6.23. The Hall–Kier alpha value is -2.96. The fraction of sp³-hybridized carbons (Fsp3) is 0.381. The summed E-state index contributed by atoms with van der Waals surface area (Å²) in [7, 11) is 0. The Morgan fingerprint density at radius 1 is 1.11 bits per heavy atom. The van der Waals surface area contributed by atoms with Crippen LogP contribution in [0.4, 0.5) is 4.39 Å². The largest absolute Gasteiger partial charge is 0.345 e. The number of amides is 2. The first kappa shape index (κ1) is 19.8. The zero-order chi connectivity index (χ0) is 20.1. The van der Waals surface area contributed by atoms with Gasteiger partial charge in [0.05, 0.1) is 6.21 Å². The Morgan fingerprint density at radius 3 is 2.46 bits per heavy atom. The molecule has 7 heteroatoms. The lowest BCUT2D eigenvalue weighted by atomic mass is 9.95. The number of nitrogens with zero attached hydrogens (tertiary/aromatic N) is 2. The molecule has 0 bridgehead atoms. The highest BCUT2D eigenvalue weighted by molar-refractivity contribution is 6.35. The van der Waals surface area contributed by atoms with Gasteiger partial charge in [-0.3, -0.25) is 9.59 Å². The third kappa shape index (κ3) is 4.65. The minimum atomic E-state index is -0.769. The van der Waals surface area contributed by atoms with Crippen molar-refractivity contribution in [2.75, 3.05) is 0 Å². The molecular weight excluding hydrogens is 359 g/mol. The van der Waals surface area contributed by atoms with Crippen LogP contribution in [0.25, 0.3) is 5.69 Å². The molecule has 1 aliphatic carbocycles. The number of halogens is 1. The number of hydrogen-bond donors (Lipinski definition) is 2. The molecule has 0 unspecified atom stereocenters. The van der Waals surface area contributed by atoms with Crippen molar-refractivity contribution in [3.05, 3.63) is 53.1 Å². The molecular formula is C21H25FN4O2. The molecule has 0 saturated heterocycles. The number of benzene rings is 1. The van der Waals surface area contributed by atoms with Gasteiger partial charge in [0, 0.05) is 28.7 Å². The van der Waals surface area contributed by atoms with Gasteiger partial charge < -0.3 is 9.88 Å². The highest BCUT2D eigenvalue weighted by Gasteiger charge is 2.20. The van der Waals surface area contributed by atoms with E-state index in [-0.39, 0.29) is 11.9 Å². The first-order valence-electron chi connectivity index (χ1n) is 9.54. The lowest BCUT2D eigenvalue weighted by Gasteiger charge is -2.22. The quantitative estimate of drug-likeness (QED) is 0.483. The average molecular weight is 384 g/mol. The van der Waals surface area contributed by atoms with E-state index in [4.69, 9.17) is 0 Å². The molecule has 0 spiro atoms. The molecule has 1 aromatic carbocycles. The van der Waals surface area contributed by atoms with E-state index < -0.39 is 11.8 Å². The van der Waals surface area contributed by atoms with Crippen molar-refractivity contribution in [3.8, 4) is 5.69 Å². The number of carbonyl (C=O) groups excluding carboxylic acids is 2. The van der Waals surface area contributed by atoms with Crippen LogP contribution in [0.3, 0.4) is 0 Å². The van der Waals surface area contributed by atoms with Crippen molar-refractivity contribution >= 4 is 18.0 Å². The molecule has 1 fully saturated rings.